The number of carbonyl (C=O) groups excluding carboxylic acids is 1. The van der Waals surface area contributed by atoms with Crippen LogP contribution in [0.4, 0.5) is 0 Å². The van der Waals surface area contributed by atoms with Crippen LogP contribution in [0.25, 0.3) is 0 Å². The first kappa shape index (κ1) is 16.0. The molecule has 0 heterocycles. The summed E-state index contributed by atoms with van der Waals surface area (Å²) in [5.41, 5.74) is 6.79. The van der Waals surface area contributed by atoms with Crippen LogP contribution in [-0.2, 0) is 16.3 Å². The normalized spacial score (nSPS) is 17.2. The zero-order chi connectivity index (χ0) is 16.8. The van der Waals surface area contributed by atoms with Gasteiger partial charge in [-0.3, -0.25) is 4.79 Å². The Morgan fingerprint density at radius 1 is 1.22 bits per heavy atom. The van der Waals surface area contributed by atoms with Gasteiger partial charge in [-0.2, -0.15) is 0 Å². The van der Waals surface area contributed by atoms with E-state index in [-0.39, 0.29) is 16.4 Å². The fourth-order valence-corrected chi connectivity index (χ4v) is 3.48. The zero-order valence-corrected chi connectivity index (χ0v) is 13.8. The van der Waals surface area contributed by atoms with Crippen molar-refractivity contribution in [2.45, 2.75) is 17.4 Å². The Morgan fingerprint density at radius 3 is 2.48 bits per heavy atom. The van der Waals surface area contributed by atoms with E-state index in [4.69, 9.17) is 22.1 Å². The van der Waals surface area contributed by atoms with Crippen molar-refractivity contribution >= 4 is 27.2 Å². The third kappa shape index (κ3) is 3.10. The summed E-state index contributed by atoms with van der Waals surface area (Å²) in [6.07, 6.45) is 1.43. The fraction of sp³-hybridized carbons (Fsp3) is 0.188. The summed E-state index contributed by atoms with van der Waals surface area (Å²) in [5.74, 6) is 0.325. The maximum Gasteiger partial charge on any atom is 0.180 e. The molecule has 3 rings (SSSR count). The Morgan fingerprint density at radius 2 is 1.87 bits per heavy atom. The average molecular weight is 352 g/mol. The van der Waals surface area contributed by atoms with Crippen LogP contribution in [0.3, 0.4) is 0 Å². The lowest BCUT2D eigenvalue weighted by Gasteiger charge is -2.12. The van der Waals surface area contributed by atoms with Crippen LogP contribution in [0.1, 0.15) is 15.9 Å². The minimum Gasteiger partial charge on any atom is -0.456 e. The first-order valence-electron chi connectivity index (χ1n) is 6.86. The summed E-state index contributed by atoms with van der Waals surface area (Å²) in [4.78, 5) is 12.1. The summed E-state index contributed by atoms with van der Waals surface area (Å²) in [7, 11) is -3.52. The van der Waals surface area contributed by atoms with E-state index in [2.05, 4.69) is 0 Å². The van der Waals surface area contributed by atoms with Crippen molar-refractivity contribution in [1.82, 2.24) is 0 Å². The number of ether oxygens (including phenoxy) is 1. The second kappa shape index (κ2) is 5.63. The second-order valence-corrected chi connectivity index (χ2v) is 7.88. The largest absolute Gasteiger partial charge is 0.456 e. The van der Waals surface area contributed by atoms with E-state index in [9.17, 15) is 13.2 Å². The average Bonchev–Trinajstić information content (AvgIpc) is 2.75. The van der Waals surface area contributed by atoms with Gasteiger partial charge in [-0.25, -0.2) is 8.42 Å². The molecule has 0 fully saturated rings. The number of sulfone groups is 1. The van der Waals surface area contributed by atoms with Gasteiger partial charge in [0.25, 0.3) is 0 Å². The predicted octanol–water partition coefficient (Wildman–Crippen LogP) is 2.60. The van der Waals surface area contributed by atoms with Crippen LogP contribution in [0.15, 0.2) is 41.3 Å². The quantitative estimate of drug-likeness (QED) is 0.918. The summed E-state index contributed by atoms with van der Waals surface area (Å²) < 4.78 is 29.8. The molecule has 1 aliphatic rings. The van der Waals surface area contributed by atoms with E-state index in [0.717, 1.165) is 6.26 Å². The monoisotopic (exact) mass is 351 g/mol. The molecule has 0 saturated carbocycles. The SMILES string of the molecule is CS(=O)(=O)c1cc2c(cc1Oc1ccc(Cl)cc1)C(=O)C(N)C2. The minimum absolute atomic E-state index is 0.0353. The van der Waals surface area contributed by atoms with Crippen LogP contribution in [0.5, 0.6) is 11.5 Å². The van der Waals surface area contributed by atoms with Gasteiger partial charge in [-0.1, -0.05) is 11.6 Å². The van der Waals surface area contributed by atoms with Gasteiger partial charge in [0.15, 0.2) is 15.6 Å². The standard InChI is InChI=1S/C16H14ClNO4S/c1-23(20,21)15-7-9-6-13(18)16(19)12(9)8-14(15)22-11-4-2-10(17)3-5-11/h2-5,7-8,13H,6,18H2,1H3. The first-order chi connectivity index (χ1) is 10.8. The number of nitrogens with two attached hydrogens (primary N) is 1. The van der Waals surface area contributed by atoms with Crippen molar-refractivity contribution in [1.29, 1.82) is 0 Å². The first-order valence-corrected chi connectivity index (χ1v) is 9.13. The lowest BCUT2D eigenvalue weighted by atomic mass is 10.1. The van der Waals surface area contributed by atoms with Crippen molar-refractivity contribution in [3.05, 3.63) is 52.5 Å². The zero-order valence-electron chi connectivity index (χ0n) is 12.2. The second-order valence-electron chi connectivity index (χ2n) is 5.46. The number of benzene rings is 2. The molecule has 0 bridgehead atoms. The molecular weight excluding hydrogens is 338 g/mol. The summed E-state index contributed by atoms with van der Waals surface area (Å²) in [6.45, 7) is 0. The van der Waals surface area contributed by atoms with Gasteiger partial charge in [-0.15, -0.1) is 0 Å². The van der Waals surface area contributed by atoms with Crippen LogP contribution in [0.2, 0.25) is 5.02 Å². The third-order valence-corrected chi connectivity index (χ3v) is 5.02. The lowest BCUT2D eigenvalue weighted by Crippen LogP contribution is -2.26. The highest BCUT2D eigenvalue weighted by atomic mass is 35.5. The number of rotatable bonds is 3. The van der Waals surface area contributed by atoms with Gasteiger partial charge in [0.2, 0.25) is 0 Å². The predicted molar refractivity (Wildman–Crippen MR) is 87.1 cm³/mol. The van der Waals surface area contributed by atoms with E-state index in [1.54, 1.807) is 24.3 Å². The highest BCUT2D eigenvalue weighted by Crippen LogP contribution is 2.35. The van der Waals surface area contributed by atoms with Crippen LogP contribution < -0.4 is 10.5 Å². The van der Waals surface area contributed by atoms with E-state index in [0.29, 0.717) is 28.3 Å². The van der Waals surface area contributed by atoms with Gasteiger partial charge in [0.05, 0.1) is 6.04 Å². The Hall–Kier alpha value is -1.89. The molecule has 120 valence electrons. The van der Waals surface area contributed by atoms with Crippen molar-refractivity contribution in [3.63, 3.8) is 0 Å². The smallest absolute Gasteiger partial charge is 0.180 e. The number of halogens is 1. The lowest BCUT2D eigenvalue weighted by molar-refractivity contribution is 0.0974. The molecule has 0 aliphatic heterocycles. The Labute approximate surface area is 138 Å². The molecule has 7 heteroatoms. The van der Waals surface area contributed by atoms with Crippen molar-refractivity contribution in [2.24, 2.45) is 5.73 Å². The minimum atomic E-state index is -3.52. The van der Waals surface area contributed by atoms with Gasteiger partial charge in [0.1, 0.15) is 16.4 Å². The number of hydrogen-bond acceptors (Lipinski definition) is 5. The maximum absolute atomic E-state index is 12.1. The van der Waals surface area contributed by atoms with Crippen molar-refractivity contribution in [3.8, 4) is 11.5 Å². The number of fused-ring (bicyclic) bond motifs is 1. The van der Waals surface area contributed by atoms with Gasteiger partial charge in [0, 0.05) is 16.8 Å². The Kier molecular flexibility index (Phi) is 3.91. The van der Waals surface area contributed by atoms with Crippen LogP contribution in [-0.4, -0.2) is 26.5 Å². The molecule has 1 unspecified atom stereocenters. The molecule has 23 heavy (non-hydrogen) atoms. The molecule has 0 aromatic heterocycles. The molecular formula is C16H14ClNO4S. The number of hydrogen-bond donors (Lipinski definition) is 1. The van der Waals surface area contributed by atoms with E-state index < -0.39 is 15.9 Å². The molecule has 0 radical (unpaired) electrons. The van der Waals surface area contributed by atoms with E-state index >= 15 is 0 Å². The highest BCUT2D eigenvalue weighted by molar-refractivity contribution is 7.90. The topological polar surface area (TPSA) is 86.5 Å². The Bertz CT molecular complexity index is 891. The molecule has 2 aromatic carbocycles. The molecule has 1 aliphatic carbocycles. The third-order valence-electron chi connectivity index (χ3n) is 3.65. The van der Waals surface area contributed by atoms with Crippen LogP contribution in [0, 0.1) is 0 Å². The van der Waals surface area contributed by atoms with E-state index in [1.165, 1.54) is 12.1 Å². The molecule has 1 atom stereocenters. The molecule has 2 N–H and O–H groups in total. The molecule has 0 amide bonds. The summed E-state index contributed by atoms with van der Waals surface area (Å²) >= 11 is 5.82. The number of Topliss-reactive ketones (excluding diaryl/α,β-unsaturated/α-hetero) is 1. The van der Waals surface area contributed by atoms with Crippen molar-refractivity contribution < 1.29 is 17.9 Å². The van der Waals surface area contributed by atoms with Gasteiger partial charge in [-0.05, 0) is 48.4 Å². The number of carbonyl (C=O) groups is 1. The fourth-order valence-electron chi connectivity index (χ4n) is 2.53. The van der Waals surface area contributed by atoms with Gasteiger partial charge >= 0.3 is 0 Å². The van der Waals surface area contributed by atoms with Crippen LogP contribution >= 0.6 is 11.6 Å². The molecule has 0 spiro atoms. The summed E-state index contributed by atoms with van der Waals surface area (Å²) in [5, 5.41) is 0.538. The van der Waals surface area contributed by atoms with Crippen molar-refractivity contribution in [2.75, 3.05) is 6.26 Å². The Balaban J connectivity index is 2.11. The van der Waals surface area contributed by atoms with Gasteiger partial charge < -0.3 is 10.5 Å². The molecule has 0 saturated heterocycles. The molecule has 5 nitrogen and oxygen atoms in total. The summed E-state index contributed by atoms with van der Waals surface area (Å²) in [6, 6.07) is 8.79. The molecule has 2 aromatic rings. The highest BCUT2D eigenvalue weighted by Gasteiger charge is 2.31. The van der Waals surface area contributed by atoms with E-state index in [1.807, 2.05) is 0 Å². The number of ketones is 1. The maximum atomic E-state index is 12.1.